The molecule has 2 fully saturated rings. The van der Waals surface area contributed by atoms with E-state index in [2.05, 4.69) is 47.9 Å². The van der Waals surface area contributed by atoms with Crippen LogP contribution in [0.1, 0.15) is 59.4 Å². The molecule has 0 saturated carbocycles. The minimum atomic E-state index is 0.139. The molecular weight excluding hydrogens is 588 g/mol. The van der Waals surface area contributed by atoms with Crippen molar-refractivity contribution in [1.29, 1.82) is 5.26 Å². The highest BCUT2D eigenvalue weighted by molar-refractivity contribution is 5.85. The first-order valence-corrected chi connectivity index (χ1v) is 16.7. The Bertz CT molecular complexity index is 2020. The lowest BCUT2D eigenvalue weighted by Crippen LogP contribution is -2.36. The molecule has 0 unspecified atom stereocenters. The minimum Gasteiger partial charge on any atom is -0.439 e. The quantitative estimate of drug-likeness (QED) is 0.194. The number of carbonyl (C=O) groups is 1. The second-order valence-corrected chi connectivity index (χ2v) is 13.2. The van der Waals surface area contributed by atoms with E-state index in [9.17, 15) is 10.1 Å². The molecule has 5 aromatic rings. The summed E-state index contributed by atoms with van der Waals surface area (Å²) >= 11 is 0. The van der Waals surface area contributed by atoms with E-state index < -0.39 is 0 Å². The van der Waals surface area contributed by atoms with Gasteiger partial charge in [0.05, 0.1) is 25.2 Å². The summed E-state index contributed by atoms with van der Waals surface area (Å²) in [5, 5.41) is 9.94. The number of fused-ring (bicyclic) bond motifs is 2. The molecule has 3 aliphatic heterocycles. The minimum absolute atomic E-state index is 0.139. The molecule has 0 radical (unpaired) electrons. The van der Waals surface area contributed by atoms with Crippen molar-refractivity contribution in [3.8, 4) is 40.1 Å². The maximum absolute atomic E-state index is 12.9. The fourth-order valence-electron chi connectivity index (χ4n) is 7.46. The van der Waals surface area contributed by atoms with Crippen LogP contribution in [0.3, 0.4) is 0 Å². The number of hydrogen-bond donors (Lipinski definition) is 0. The largest absolute Gasteiger partial charge is 0.439 e. The zero-order valence-electron chi connectivity index (χ0n) is 27.0. The standard InChI is InChI=1S/C38H38N6O3/c1-24-28(9-7-11-30(24)37-41-33-21-44(22-34(33)46-37)35(45)23-43-15-5-6-16-43)29-10-8-12-31(25(29)2)38-40-32-18-26(20-42-13-3-4-14-42)17-27(19-39)36(32)47-38/h7-12,17-18H,3-6,13-16,20-23H2,1-2H3. The molecular formula is C38H38N6O3. The number of oxazole rings is 2. The van der Waals surface area contributed by atoms with Gasteiger partial charge in [-0.15, -0.1) is 0 Å². The molecule has 9 heteroatoms. The monoisotopic (exact) mass is 626 g/mol. The number of aromatic nitrogens is 2. The molecule has 238 valence electrons. The first-order chi connectivity index (χ1) is 22.9. The Morgan fingerprint density at radius 2 is 1.43 bits per heavy atom. The molecule has 2 saturated heterocycles. The topological polar surface area (TPSA) is 103 Å². The Labute approximate surface area is 274 Å². The summed E-state index contributed by atoms with van der Waals surface area (Å²) in [7, 11) is 0. The predicted octanol–water partition coefficient (Wildman–Crippen LogP) is 6.84. The van der Waals surface area contributed by atoms with Gasteiger partial charge in [0.1, 0.15) is 23.0 Å². The number of amides is 1. The maximum atomic E-state index is 12.9. The van der Waals surface area contributed by atoms with E-state index in [1.54, 1.807) is 0 Å². The van der Waals surface area contributed by atoms with Gasteiger partial charge in [-0.25, -0.2) is 9.97 Å². The van der Waals surface area contributed by atoms with E-state index in [0.29, 0.717) is 48.1 Å². The molecule has 9 nitrogen and oxygen atoms in total. The number of nitriles is 1. The van der Waals surface area contributed by atoms with Gasteiger partial charge in [0.25, 0.3) is 0 Å². The Balaban J connectivity index is 1.07. The molecule has 0 spiro atoms. The van der Waals surface area contributed by atoms with Crippen molar-refractivity contribution in [1.82, 2.24) is 24.7 Å². The normalized spacial score (nSPS) is 16.7. The Morgan fingerprint density at radius 1 is 0.809 bits per heavy atom. The van der Waals surface area contributed by atoms with Crippen LogP contribution in [-0.4, -0.2) is 63.3 Å². The zero-order chi connectivity index (χ0) is 32.1. The van der Waals surface area contributed by atoms with Gasteiger partial charge in [-0.2, -0.15) is 5.26 Å². The summed E-state index contributed by atoms with van der Waals surface area (Å²) in [4.78, 5) is 29.1. The smallest absolute Gasteiger partial charge is 0.237 e. The van der Waals surface area contributed by atoms with E-state index in [1.165, 1.54) is 25.7 Å². The maximum Gasteiger partial charge on any atom is 0.237 e. The van der Waals surface area contributed by atoms with Crippen LogP contribution in [0.2, 0.25) is 0 Å². The summed E-state index contributed by atoms with van der Waals surface area (Å²) in [6, 6.07) is 18.7. The van der Waals surface area contributed by atoms with Crippen molar-refractivity contribution in [3.05, 3.63) is 82.2 Å². The molecule has 8 rings (SSSR count). The first kappa shape index (κ1) is 29.6. The van der Waals surface area contributed by atoms with Crippen molar-refractivity contribution in [2.75, 3.05) is 32.7 Å². The highest BCUT2D eigenvalue weighted by Gasteiger charge is 2.31. The van der Waals surface area contributed by atoms with Gasteiger partial charge < -0.3 is 13.7 Å². The van der Waals surface area contributed by atoms with Gasteiger partial charge in [-0.05, 0) is 118 Å². The van der Waals surface area contributed by atoms with Crippen molar-refractivity contribution in [3.63, 3.8) is 0 Å². The lowest BCUT2D eigenvalue weighted by Gasteiger charge is -2.20. The average molecular weight is 627 g/mol. The molecule has 0 aliphatic carbocycles. The highest BCUT2D eigenvalue weighted by Crippen LogP contribution is 2.39. The summed E-state index contributed by atoms with van der Waals surface area (Å²) in [5.41, 5.74) is 9.76. The number of benzene rings is 3. The van der Waals surface area contributed by atoms with Crippen LogP contribution in [-0.2, 0) is 24.4 Å². The fourth-order valence-corrected chi connectivity index (χ4v) is 7.46. The van der Waals surface area contributed by atoms with Crippen LogP contribution < -0.4 is 0 Å². The van der Waals surface area contributed by atoms with E-state index >= 15 is 0 Å². The Hall–Kier alpha value is -4.78. The molecule has 0 N–H and O–H groups in total. The molecule has 47 heavy (non-hydrogen) atoms. The second-order valence-electron chi connectivity index (χ2n) is 13.2. The third kappa shape index (κ3) is 5.52. The predicted molar refractivity (Wildman–Crippen MR) is 179 cm³/mol. The van der Waals surface area contributed by atoms with Gasteiger partial charge >= 0.3 is 0 Å². The van der Waals surface area contributed by atoms with Crippen molar-refractivity contribution in [2.24, 2.45) is 0 Å². The van der Waals surface area contributed by atoms with Crippen LogP contribution in [0.5, 0.6) is 0 Å². The third-order valence-corrected chi connectivity index (χ3v) is 10.1. The second kappa shape index (κ2) is 12.1. The van der Waals surface area contributed by atoms with Crippen molar-refractivity contribution >= 4 is 17.0 Å². The van der Waals surface area contributed by atoms with E-state index in [1.807, 2.05) is 35.2 Å². The number of rotatable bonds is 7. The van der Waals surface area contributed by atoms with E-state index in [-0.39, 0.29) is 5.91 Å². The van der Waals surface area contributed by atoms with Crippen LogP contribution in [0.4, 0.5) is 0 Å². The summed E-state index contributed by atoms with van der Waals surface area (Å²) in [6.07, 6.45) is 4.78. The van der Waals surface area contributed by atoms with Gasteiger partial charge in [0.15, 0.2) is 5.58 Å². The number of carbonyl (C=O) groups excluding carboxylic acids is 1. The van der Waals surface area contributed by atoms with Crippen LogP contribution in [0.25, 0.3) is 45.1 Å². The van der Waals surface area contributed by atoms with E-state index in [4.69, 9.17) is 18.8 Å². The van der Waals surface area contributed by atoms with Crippen LogP contribution in [0.15, 0.2) is 57.4 Å². The number of nitrogens with zero attached hydrogens (tertiary/aromatic N) is 6. The lowest BCUT2D eigenvalue weighted by atomic mass is 9.91. The summed E-state index contributed by atoms with van der Waals surface area (Å²) in [6.45, 7) is 10.6. The van der Waals surface area contributed by atoms with E-state index in [0.717, 1.165) is 83.1 Å². The molecule has 3 aromatic carbocycles. The van der Waals surface area contributed by atoms with Crippen molar-refractivity contribution < 1.29 is 13.6 Å². The van der Waals surface area contributed by atoms with Gasteiger partial charge in [0, 0.05) is 17.7 Å². The SMILES string of the molecule is Cc1c(-c2nc3c(o2)CN(C(=O)CN2CCCC2)C3)cccc1-c1cccc(-c2nc3cc(CN4CCCC4)cc(C#N)c3o2)c1C. The van der Waals surface area contributed by atoms with Crippen LogP contribution in [0, 0.1) is 25.2 Å². The van der Waals surface area contributed by atoms with Gasteiger partial charge in [-0.1, -0.05) is 24.3 Å². The Kier molecular flexibility index (Phi) is 7.63. The summed E-state index contributed by atoms with van der Waals surface area (Å²) < 4.78 is 12.6. The highest BCUT2D eigenvalue weighted by atomic mass is 16.4. The molecule has 3 aliphatic rings. The van der Waals surface area contributed by atoms with Crippen LogP contribution >= 0.6 is 0 Å². The average Bonchev–Trinajstić information content (AvgIpc) is 3.90. The lowest BCUT2D eigenvalue weighted by molar-refractivity contribution is -0.133. The van der Waals surface area contributed by atoms with Crippen molar-refractivity contribution in [2.45, 2.75) is 59.2 Å². The van der Waals surface area contributed by atoms with Gasteiger partial charge in [0.2, 0.25) is 17.7 Å². The summed E-state index contributed by atoms with van der Waals surface area (Å²) in [5.74, 6) is 2.01. The molecule has 0 atom stereocenters. The zero-order valence-corrected chi connectivity index (χ0v) is 27.0. The third-order valence-electron chi connectivity index (χ3n) is 10.1. The molecule has 1 amide bonds. The Morgan fingerprint density at radius 3 is 2.06 bits per heavy atom. The molecule has 5 heterocycles. The molecule has 2 aromatic heterocycles. The number of hydrogen-bond acceptors (Lipinski definition) is 8. The first-order valence-electron chi connectivity index (χ1n) is 16.7. The van der Waals surface area contributed by atoms with Gasteiger partial charge in [-0.3, -0.25) is 14.6 Å². The fraction of sp³-hybridized carbons (Fsp3) is 0.368. The number of likely N-dealkylation sites (tertiary alicyclic amines) is 2. The molecule has 0 bridgehead atoms.